The van der Waals surface area contributed by atoms with Crippen LogP contribution in [-0.2, 0) is 17.9 Å². The first kappa shape index (κ1) is 22.2. The van der Waals surface area contributed by atoms with Crippen molar-refractivity contribution in [3.63, 3.8) is 0 Å². The number of carbonyl (C=O) groups is 2. The summed E-state index contributed by atoms with van der Waals surface area (Å²) in [6, 6.07) is 17.8. The summed E-state index contributed by atoms with van der Waals surface area (Å²) in [6.45, 7) is 5.99. The molecule has 1 atom stereocenters. The molecule has 30 heavy (non-hydrogen) atoms. The van der Waals surface area contributed by atoms with Crippen molar-refractivity contribution in [2.75, 3.05) is 13.1 Å². The lowest BCUT2D eigenvalue weighted by Crippen LogP contribution is -2.43. The van der Waals surface area contributed by atoms with Crippen molar-refractivity contribution in [1.82, 2.24) is 9.80 Å². The summed E-state index contributed by atoms with van der Waals surface area (Å²) in [5.41, 5.74) is 1.08. The highest BCUT2D eigenvalue weighted by Gasteiger charge is 2.24. The van der Waals surface area contributed by atoms with Crippen LogP contribution < -0.4 is 0 Å². The second-order valence-corrected chi connectivity index (χ2v) is 9.47. The normalized spacial score (nSPS) is 11.8. The van der Waals surface area contributed by atoms with Crippen LogP contribution in [0.15, 0.2) is 65.4 Å². The van der Waals surface area contributed by atoms with Gasteiger partial charge in [-0.25, -0.2) is 0 Å². The molecule has 0 aliphatic carbocycles. The van der Waals surface area contributed by atoms with E-state index in [1.807, 2.05) is 70.3 Å². The van der Waals surface area contributed by atoms with Crippen molar-refractivity contribution >= 4 is 34.5 Å². The van der Waals surface area contributed by atoms with Crippen molar-refractivity contribution in [3.8, 4) is 0 Å². The average Bonchev–Trinajstić information content (AvgIpc) is 3.47. The molecule has 2 aromatic heterocycles. The summed E-state index contributed by atoms with van der Waals surface area (Å²) < 4.78 is 0. The molecule has 0 aliphatic rings. The molecule has 2 heterocycles. The number of benzene rings is 1. The summed E-state index contributed by atoms with van der Waals surface area (Å²) in [5.74, 6) is 0.247. The van der Waals surface area contributed by atoms with E-state index in [9.17, 15) is 9.59 Å². The molecule has 158 valence electrons. The Balaban J connectivity index is 1.78. The second kappa shape index (κ2) is 11.1. The maximum Gasteiger partial charge on any atom is 0.264 e. The molecule has 0 saturated heterocycles. The van der Waals surface area contributed by atoms with Gasteiger partial charge in [-0.1, -0.05) is 62.7 Å². The lowest BCUT2D eigenvalue weighted by Gasteiger charge is -2.29. The van der Waals surface area contributed by atoms with Gasteiger partial charge in [-0.3, -0.25) is 9.59 Å². The SMILES string of the molecule is CCC(C)CN(CC(=O)N(Cc1ccccc1)Cc1cccs1)C(=O)c1cccs1. The second-order valence-electron chi connectivity index (χ2n) is 7.49. The summed E-state index contributed by atoms with van der Waals surface area (Å²) in [6.07, 6.45) is 0.964. The molecule has 0 N–H and O–H groups in total. The Morgan fingerprint density at radius 2 is 1.63 bits per heavy atom. The molecule has 0 fully saturated rings. The Morgan fingerprint density at radius 1 is 0.900 bits per heavy atom. The van der Waals surface area contributed by atoms with E-state index in [0.29, 0.717) is 30.4 Å². The molecule has 2 amide bonds. The summed E-state index contributed by atoms with van der Waals surface area (Å²) in [4.78, 5) is 31.8. The third kappa shape index (κ3) is 6.28. The van der Waals surface area contributed by atoms with E-state index in [-0.39, 0.29) is 18.4 Å². The monoisotopic (exact) mass is 440 g/mol. The third-order valence-corrected chi connectivity index (χ3v) is 6.79. The van der Waals surface area contributed by atoms with E-state index in [4.69, 9.17) is 0 Å². The average molecular weight is 441 g/mol. The first-order valence-corrected chi connectivity index (χ1v) is 12.0. The Morgan fingerprint density at radius 3 is 2.27 bits per heavy atom. The fraction of sp³-hybridized carbons (Fsp3) is 0.333. The molecular formula is C24H28N2O2S2. The van der Waals surface area contributed by atoms with Gasteiger partial charge in [-0.15, -0.1) is 22.7 Å². The largest absolute Gasteiger partial charge is 0.332 e. The summed E-state index contributed by atoms with van der Waals surface area (Å²) >= 11 is 3.07. The van der Waals surface area contributed by atoms with Crippen LogP contribution in [0.4, 0.5) is 0 Å². The molecular weight excluding hydrogens is 412 g/mol. The number of rotatable bonds is 10. The first-order chi connectivity index (χ1) is 14.6. The standard InChI is InChI=1S/C24H28N2O2S2/c1-3-19(2)15-26(24(28)22-12-8-14-30-22)18-23(27)25(17-21-11-7-13-29-21)16-20-9-5-4-6-10-20/h4-14,19H,3,15-18H2,1-2H3. The number of amides is 2. The predicted molar refractivity (Wildman–Crippen MR) is 125 cm³/mol. The highest BCUT2D eigenvalue weighted by molar-refractivity contribution is 7.12. The maximum absolute atomic E-state index is 13.4. The van der Waals surface area contributed by atoms with Crippen molar-refractivity contribution in [3.05, 3.63) is 80.7 Å². The van der Waals surface area contributed by atoms with E-state index in [2.05, 4.69) is 13.8 Å². The first-order valence-electron chi connectivity index (χ1n) is 10.2. The zero-order valence-corrected chi connectivity index (χ0v) is 19.1. The van der Waals surface area contributed by atoms with Crippen LogP contribution in [0.3, 0.4) is 0 Å². The van der Waals surface area contributed by atoms with Gasteiger partial charge in [0.25, 0.3) is 5.91 Å². The third-order valence-electron chi connectivity index (χ3n) is 5.07. The van der Waals surface area contributed by atoms with Gasteiger partial charge in [0, 0.05) is 18.0 Å². The molecule has 0 aliphatic heterocycles. The lowest BCUT2D eigenvalue weighted by molar-refractivity contribution is -0.133. The van der Waals surface area contributed by atoms with Crippen LogP contribution in [0.2, 0.25) is 0 Å². The fourth-order valence-electron chi connectivity index (χ4n) is 3.17. The van der Waals surface area contributed by atoms with Gasteiger partial charge in [0.05, 0.1) is 11.4 Å². The van der Waals surface area contributed by atoms with Crippen LogP contribution in [-0.4, -0.2) is 34.7 Å². The minimum atomic E-state index is -0.0607. The minimum Gasteiger partial charge on any atom is -0.332 e. The minimum absolute atomic E-state index is 0.0273. The molecule has 0 spiro atoms. The molecule has 3 rings (SSSR count). The van der Waals surface area contributed by atoms with Crippen molar-refractivity contribution < 1.29 is 9.59 Å². The number of nitrogens with zero attached hydrogens (tertiary/aromatic N) is 2. The van der Waals surface area contributed by atoms with E-state index in [0.717, 1.165) is 16.9 Å². The Labute approximate surface area is 186 Å². The zero-order chi connectivity index (χ0) is 21.3. The van der Waals surface area contributed by atoms with Crippen LogP contribution in [0.25, 0.3) is 0 Å². The van der Waals surface area contributed by atoms with Crippen LogP contribution in [0, 0.1) is 5.92 Å². The van der Waals surface area contributed by atoms with Gasteiger partial charge in [0.1, 0.15) is 6.54 Å². The van der Waals surface area contributed by atoms with Crippen molar-refractivity contribution in [2.45, 2.75) is 33.4 Å². The van der Waals surface area contributed by atoms with E-state index < -0.39 is 0 Å². The van der Waals surface area contributed by atoms with Gasteiger partial charge in [0.15, 0.2) is 0 Å². The number of hydrogen-bond acceptors (Lipinski definition) is 4. The molecule has 6 heteroatoms. The Kier molecular flexibility index (Phi) is 8.22. The molecule has 3 aromatic rings. The van der Waals surface area contributed by atoms with Crippen molar-refractivity contribution in [2.24, 2.45) is 5.92 Å². The number of thiophene rings is 2. The molecule has 4 nitrogen and oxygen atoms in total. The van der Waals surface area contributed by atoms with Crippen LogP contribution in [0.5, 0.6) is 0 Å². The topological polar surface area (TPSA) is 40.6 Å². The van der Waals surface area contributed by atoms with E-state index in [1.165, 1.54) is 11.3 Å². The van der Waals surface area contributed by atoms with E-state index >= 15 is 0 Å². The molecule has 0 saturated carbocycles. The van der Waals surface area contributed by atoms with Crippen LogP contribution >= 0.6 is 22.7 Å². The quantitative estimate of drug-likeness (QED) is 0.416. The smallest absolute Gasteiger partial charge is 0.264 e. The predicted octanol–water partition coefficient (Wildman–Crippen LogP) is 5.53. The fourth-order valence-corrected chi connectivity index (χ4v) is 4.58. The van der Waals surface area contributed by atoms with E-state index in [1.54, 1.807) is 16.2 Å². The van der Waals surface area contributed by atoms with Gasteiger partial charge in [-0.2, -0.15) is 0 Å². The zero-order valence-electron chi connectivity index (χ0n) is 17.5. The molecule has 0 bridgehead atoms. The molecule has 1 aromatic carbocycles. The van der Waals surface area contributed by atoms with Crippen molar-refractivity contribution in [1.29, 1.82) is 0 Å². The maximum atomic E-state index is 13.4. The van der Waals surface area contributed by atoms with Gasteiger partial charge in [-0.05, 0) is 34.4 Å². The highest BCUT2D eigenvalue weighted by atomic mass is 32.1. The van der Waals surface area contributed by atoms with Crippen LogP contribution in [0.1, 0.15) is 40.4 Å². The summed E-state index contributed by atoms with van der Waals surface area (Å²) in [5, 5.41) is 3.92. The Bertz CT molecular complexity index is 908. The molecule has 1 unspecified atom stereocenters. The lowest BCUT2D eigenvalue weighted by atomic mass is 10.1. The summed E-state index contributed by atoms with van der Waals surface area (Å²) in [7, 11) is 0. The number of hydrogen-bond donors (Lipinski definition) is 0. The molecule has 0 radical (unpaired) electrons. The van der Waals surface area contributed by atoms with Gasteiger partial charge < -0.3 is 9.80 Å². The number of carbonyl (C=O) groups excluding carboxylic acids is 2. The van der Waals surface area contributed by atoms with Gasteiger partial charge >= 0.3 is 0 Å². The van der Waals surface area contributed by atoms with Gasteiger partial charge in [0.2, 0.25) is 5.91 Å². The highest BCUT2D eigenvalue weighted by Crippen LogP contribution is 2.18. The Hall–Kier alpha value is -2.44.